The third-order valence-corrected chi connectivity index (χ3v) is 6.05. The molecule has 154 valence electrons. The third-order valence-electron chi connectivity index (χ3n) is 6.05. The Balaban J connectivity index is 1.44. The van der Waals surface area contributed by atoms with Gasteiger partial charge in [0.05, 0.1) is 5.69 Å². The van der Waals surface area contributed by atoms with Crippen LogP contribution in [0.25, 0.3) is 16.8 Å². The maximum Gasteiger partial charge on any atom is 0.243 e. The molecule has 1 aliphatic rings. The summed E-state index contributed by atoms with van der Waals surface area (Å²) in [5, 5.41) is 12.8. The Bertz CT molecular complexity index is 1240. The molecule has 4 aromatic rings. The number of aromatic nitrogens is 5. The minimum atomic E-state index is -0.231. The number of rotatable bonds is 4. The zero-order valence-corrected chi connectivity index (χ0v) is 17.5. The van der Waals surface area contributed by atoms with Crippen LogP contribution in [0.4, 0.5) is 10.3 Å². The van der Waals surface area contributed by atoms with E-state index in [1.807, 2.05) is 37.0 Å². The van der Waals surface area contributed by atoms with Gasteiger partial charge in [-0.2, -0.15) is 10.1 Å². The Hall–Kier alpha value is -3.22. The summed E-state index contributed by atoms with van der Waals surface area (Å²) >= 11 is 0. The smallest absolute Gasteiger partial charge is 0.243 e. The maximum absolute atomic E-state index is 13.6. The predicted octanol–water partition coefficient (Wildman–Crippen LogP) is 4.11. The van der Waals surface area contributed by atoms with Crippen molar-refractivity contribution >= 4 is 11.6 Å². The molecule has 0 amide bonds. The highest BCUT2D eigenvalue weighted by molar-refractivity contribution is 5.79. The molecule has 0 radical (unpaired) electrons. The number of nitrogens with one attached hydrogen (secondary N) is 1. The molecule has 5 rings (SSSR count). The van der Waals surface area contributed by atoms with Gasteiger partial charge in [0.2, 0.25) is 5.95 Å². The molecule has 30 heavy (non-hydrogen) atoms. The van der Waals surface area contributed by atoms with Gasteiger partial charge in [-0.25, -0.2) is 8.91 Å². The van der Waals surface area contributed by atoms with Gasteiger partial charge in [-0.05, 0) is 67.1 Å². The van der Waals surface area contributed by atoms with Crippen LogP contribution in [-0.2, 0) is 26.3 Å². The molecule has 1 atom stereocenters. The maximum atomic E-state index is 13.6. The predicted molar refractivity (Wildman–Crippen MR) is 115 cm³/mol. The molecule has 1 aromatic carbocycles. The molecule has 0 aliphatic heterocycles. The molecule has 0 saturated carbocycles. The van der Waals surface area contributed by atoms with E-state index >= 15 is 0 Å². The van der Waals surface area contributed by atoms with Crippen molar-refractivity contribution in [2.45, 2.75) is 45.6 Å². The average Bonchev–Trinajstić information content (AvgIpc) is 3.28. The Morgan fingerprint density at radius 3 is 2.87 bits per heavy atom. The van der Waals surface area contributed by atoms with E-state index in [-0.39, 0.29) is 11.9 Å². The van der Waals surface area contributed by atoms with E-state index in [9.17, 15) is 4.39 Å². The molecule has 0 fully saturated rings. The van der Waals surface area contributed by atoms with Crippen molar-refractivity contribution in [2.24, 2.45) is 7.05 Å². The molecule has 3 heterocycles. The quantitative estimate of drug-likeness (QED) is 0.556. The normalized spacial score (nSPS) is 16.1. The number of aryl methyl sites for hydroxylation is 3. The number of anilines is 1. The fourth-order valence-corrected chi connectivity index (χ4v) is 4.56. The van der Waals surface area contributed by atoms with Crippen molar-refractivity contribution < 1.29 is 4.39 Å². The van der Waals surface area contributed by atoms with Gasteiger partial charge in [-0.3, -0.25) is 4.68 Å². The summed E-state index contributed by atoms with van der Waals surface area (Å²) in [6.07, 6.45) is 5.84. The second-order valence-electron chi connectivity index (χ2n) is 8.02. The van der Waals surface area contributed by atoms with Crippen LogP contribution in [-0.4, -0.2) is 30.4 Å². The van der Waals surface area contributed by atoms with Gasteiger partial charge in [0.15, 0.2) is 5.65 Å². The summed E-state index contributed by atoms with van der Waals surface area (Å²) in [6, 6.07) is 9.05. The molecule has 1 aliphatic carbocycles. The van der Waals surface area contributed by atoms with Crippen LogP contribution < -0.4 is 5.32 Å². The van der Waals surface area contributed by atoms with Crippen molar-refractivity contribution in [2.75, 3.05) is 5.32 Å². The van der Waals surface area contributed by atoms with E-state index in [2.05, 4.69) is 22.4 Å². The number of fused-ring (bicyclic) bond motifs is 2. The lowest BCUT2D eigenvalue weighted by atomic mass is 9.91. The molecule has 1 unspecified atom stereocenters. The van der Waals surface area contributed by atoms with Gasteiger partial charge < -0.3 is 5.32 Å². The number of nitrogens with zero attached hydrogens (tertiary/aromatic N) is 5. The van der Waals surface area contributed by atoms with Gasteiger partial charge in [-0.15, -0.1) is 5.10 Å². The van der Waals surface area contributed by atoms with E-state index in [1.54, 1.807) is 16.6 Å². The number of pyridine rings is 1. The van der Waals surface area contributed by atoms with Gasteiger partial charge in [0, 0.05) is 37.0 Å². The second-order valence-corrected chi connectivity index (χ2v) is 8.02. The van der Waals surface area contributed by atoms with Crippen LogP contribution in [0, 0.1) is 12.7 Å². The lowest BCUT2D eigenvalue weighted by molar-refractivity contribution is 0.571. The first-order chi connectivity index (χ1) is 14.5. The third kappa shape index (κ3) is 3.14. The van der Waals surface area contributed by atoms with E-state index in [1.165, 1.54) is 23.0 Å². The van der Waals surface area contributed by atoms with Crippen LogP contribution in [0.15, 0.2) is 36.5 Å². The fourth-order valence-electron chi connectivity index (χ4n) is 4.56. The van der Waals surface area contributed by atoms with E-state index in [0.717, 1.165) is 48.0 Å². The Labute approximate surface area is 174 Å². The van der Waals surface area contributed by atoms with Crippen molar-refractivity contribution in [3.8, 4) is 11.1 Å². The number of benzene rings is 1. The van der Waals surface area contributed by atoms with Gasteiger partial charge in [0.25, 0.3) is 0 Å². The van der Waals surface area contributed by atoms with Crippen LogP contribution in [0.5, 0.6) is 0 Å². The minimum Gasteiger partial charge on any atom is -0.350 e. The minimum absolute atomic E-state index is 0.231. The SMILES string of the molecule is CCc1nn(C)c2c1CCC(Nc1nc3c(-c4ccc(F)cc4C)cccn3n1)C2. The zero-order valence-electron chi connectivity index (χ0n) is 17.5. The summed E-state index contributed by atoms with van der Waals surface area (Å²) in [4.78, 5) is 4.77. The summed E-state index contributed by atoms with van der Waals surface area (Å²) < 4.78 is 17.4. The van der Waals surface area contributed by atoms with E-state index < -0.39 is 0 Å². The molecule has 3 aromatic heterocycles. The second kappa shape index (κ2) is 7.23. The first kappa shape index (κ1) is 18.8. The number of halogens is 1. The topological polar surface area (TPSA) is 60.0 Å². The molecular weight excluding hydrogens is 379 g/mol. The highest BCUT2D eigenvalue weighted by Crippen LogP contribution is 2.29. The van der Waals surface area contributed by atoms with Gasteiger partial charge >= 0.3 is 0 Å². The van der Waals surface area contributed by atoms with Crippen molar-refractivity contribution in [1.82, 2.24) is 24.4 Å². The Kier molecular flexibility index (Phi) is 4.53. The van der Waals surface area contributed by atoms with Crippen molar-refractivity contribution in [1.29, 1.82) is 0 Å². The summed E-state index contributed by atoms with van der Waals surface area (Å²) in [6.45, 7) is 4.07. The summed E-state index contributed by atoms with van der Waals surface area (Å²) in [7, 11) is 2.03. The fraction of sp³-hybridized carbons (Fsp3) is 0.348. The molecule has 0 saturated heterocycles. The molecule has 1 N–H and O–H groups in total. The molecule has 0 bridgehead atoms. The number of hydrogen-bond acceptors (Lipinski definition) is 4. The highest BCUT2D eigenvalue weighted by Gasteiger charge is 2.25. The van der Waals surface area contributed by atoms with Crippen LogP contribution in [0.3, 0.4) is 0 Å². The van der Waals surface area contributed by atoms with E-state index in [4.69, 9.17) is 4.98 Å². The Morgan fingerprint density at radius 1 is 1.20 bits per heavy atom. The molecular formula is C23H25FN6. The van der Waals surface area contributed by atoms with Crippen molar-refractivity contribution in [3.05, 3.63) is 64.9 Å². The van der Waals surface area contributed by atoms with Crippen LogP contribution >= 0.6 is 0 Å². The van der Waals surface area contributed by atoms with Crippen LogP contribution in [0.1, 0.15) is 35.9 Å². The first-order valence-electron chi connectivity index (χ1n) is 10.5. The largest absolute Gasteiger partial charge is 0.350 e. The molecule has 0 spiro atoms. The molecule has 6 nitrogen and oxygen atoms in total. The lowest BCUT2D eigenvalue weighted by Crippen LogP contribution is -2.29. The van der Waals surface area contributed by atoms with Gasteiger partial charge in [0.1, 0.15) is 5.82 Å². The summed E-state index contributed by atoms with van der Waals surface area (Å²) in [5.41, 5.74) is 7.49. The summed E-state index contributed by atoms with van der Waals surface area (Å²) in [5.74, 6) is 0.388. The Morgan fingerprint density at radius 2 is 2.07 bits per heavy atom. The van der Waals surface area contributed by atoms with Crippen molar-refractivity contribution in [3.63, 3.8) is 0 Å². The van der Waals surface area contributed by atoms with Gasteiger partial charge in [-0.1, -0.05) is 13.0 Å². The monoisotopic (exact) mass is 404 g/mol. The lowest BCUT2D eigenvalue weighted by Gasteiger charge is -2.23. The first-order valence-corrected chi connectivity index (χ1v) is 10.5. The number of hydrogen-bond donors (Lipinski definition) is 1. The van der Waals surface area contributed by atoms with Crippen LogP contribution in [0.2, 0.25) is 0 Å². The van der Waals surface area contributed by atoms with E-state index in [0.29, 0.717) is 5.95 Å². The zero-order chi connectivity index (χ0) is 20.8. The average molecular weight is 404 g/mol. The standard InChI is InChI=1S/C23H25FN6/c1-4-20-19-10-8-16(13-21(19)29(3)27-20)25-23-26-22-18(6-5-11-30(22)28-23)17-9-7-15(24)12-14(17)2/h5-7,9,11-12,16H,4,8,10,13H2,1-3H3,(H,25,28). The molecule has 7 heteroatoms. The highest BCUT2D eigenvalue weighted by atomic mass is 19.1.